The molecule has 2 heterocycles. The number of hydroxylamine groups is 1. The van der Waals surface area contributed by atoms with Gasteiger partial charge in [0.15, 0.2) is 0 Å². The molecular formula is C13H14F3NO2. The van der Waals surface area contributed by atoms with E-state index in [1.807, 2.05) is 0 Å². The molecule has 0 radical (unpaired) electrons. The largest absolute Gasteiger partial charge is 0.369 e. The fraction of sp³-hybridized carbons (Fsp3) is 0.538. The van der Waals surface area contributed by atoms with Crippen LogP contribution in [0.25, 0.3) is 0 Å². The third kappa shape index (κ3) is 1.86. The van der Waals surface area contributed by atoms with Gasteiger partial charge < -0.3 is 9.57 Å². The van der Waals surface area contributed by atoms with Crippen molar-refractivity contribution >= 4 is 0 Å². The summed E-state index contributed by atoms with van der Waals surface area (Å²) in [6.07, 6.45) is -1.28. The number of fused-ring (bicyclic) bond motifs is 1. The van der Waals surface area contributed by atoms with Gasteiger partial charge in [-0.25, -0.2) is 13.2 Å². The van der Waals surface area contributed by atoms with Crippen LogP contribution in [0.15, 0.2) is 24.3 Å². The van der Waals surface area contributed by atoms with Crippen LogP contribution in [0.5, 0.6) is 0 Å². The molecule has 6 heteroatoms. The van der Waals surface area contributed by atoms with Crippen molar-refractivity contribution in [2.75, 3.05) is 13.2 Å². The zero-order valence-corrected chi connectivity index (χ0v) is 10.3. The summed E-state index contributed by atoms with van der Waals surface area (Å²) >= 11 is 0. The first-order valence-corrected chi connectivity index (χ1v) is 6.08. The molecule has 2 fully saturated rings. The highest BCUT2D eigenvalue weighted by molar-refractivity contribution is 5.30. The van der Waals surface area contributed by atoms with Gasteiger partial charge >= 0.3 is 0 Å². The molecule has 0 aromatic heterocycles. The summed E-state index contributed by atoms with van der Waals surface area (Å²) in [5.74, 6) is -4.06. The van der Waals surface area contributed by atoms with Crippen LogP contribution >= 0.6 is 0 Å². The molecule has 0 spiro atoms. The first-order chi connectivity index (χ1) is 8.95. The monoisotopic (exact) mass is 273 g/mol. The van der Waals surface area contributed by atoms with Crippen LogP contribution in [-0.4, -0.2) is 25.2 Å². The summed E-state index contributed by atoms with van der Waals surface area (Å²) in [4.78, 5) is 5.12. The summed E-state index contributed by atoms with van der Waals surface area (Å²) in [6.45, 7) is 0.850. The van der Waals surface area contributed by atoms with Gasteiger partial charge in [-0.15, -0.1) is 0 Å². The van der Waals surface area contributed by atoms with E-state index in [0.717, 1.165) is 6.92 Å². The number of hydrogen-bond acceptors (Lipinski definition) is 3. The molecule has 1 unspecified atom stereocenters. The Morgan fingerprint density at radius 1 is 1.37 bits per heavy atom. The van der Waals surface area contributed by atoms with Crippen LogP contribution < -0.4 is 5.48 Å². The molecule has 104 valence electrons. The van der Waals surface area contributed by atoms with Crippen LogP contribution in [0.2, 0.25) is 0 Å². The third-order valence-electron chi connectivity index (χ3n) is 3.86. The van der Waals surface area contributed by atoms with Gasteiger partial charge in [0.2, 0.25) is 0 Å². The fourth-order valence-corrected chi connectivity index (χ4v) is 2.95. The van der Waals surface area contributed by atoms with Gasteiger partial charge in [-0.05, 0) is 6.07 Å². The maximum absolute atomic E-state index is 14.0. The van der Waals surface area contributed by atoms with Gasteiger partial charge in [0.25, 0.3) is 5.92 Å². The van der Waals surface area contributed by atoms with E-state index in [4.69, 9.17) is 9.57 Å². The first-order valence-electron chi connectivity index (χ1n) is 6.08. The lowest BCUT2D eigenvalue weighted by Crippen LogP contribution is -2.45. The lowest BCUT2D eigenvalue weighted by molar-refractivity contribution is -0.124. The van der Waals surface area contributed by atoms with Gasteiger partial charge in [0, 0.05) is 18.4 Å². The molecule has 1 aromatic rings. The Balaban J connectivity index is 2.03. The van der Waals surface area contributed by atoms with Crippen molar-refractivity contribution in [3.63, 3.8) is 0 Å². The van der Waals surface area contributed by atoms with Gasteiger partial charge in [-0.3, -0.25) is 0 Å². The number of hydrogen-bond donors (Lipinski definition) is 1. The molecule has 2 saturated heterocycles. The van der Waals surface area contributed by atoms with Gasteiger partial charge in [0.1, 0.15) is 17.5 Å². The summed E-state index contributed by atoms with van der Waals surface area (Å²) in [7, 11) is 0. The minimum atomic E-state index is -2.99. The van der Waals surface area contributed by atoms with Crippen LogP contribution in [-0.2, 0) is 15.1 Å². The van der Waals surface area contributed by atoms with Crippen molar-refractivity contribution in [2.45, 2.75) is 24.5 Å². The third-order valence-corrected chi connectivity index (χ3v) is 3.86. The topological polar surface area (TPSA) is 30.5 Å². The van der Waals surface area contributed by atoms with Gasteiger partial charge in [0.05, 0.1) is 13.2 Å². The highest BCUT2D eigenvalue weighted by atomic mass is 19.3. The predicted octanol–water partition coefficient (Wildman–Crippen LogP) is 2.23. The van der Waals surface area contributed by atoms with E-state index in [1.54, 1.807) is 18.2 Å². The van der Waals surface area contributed by atoms with Crippen molar-refractivity contribution in [3.05, 3.63) is 35.6 Å². The summed E-state index contributed by atoms with van der Waals surface area (Å²) in [5.41, 5.74) is 1.97. The van der Waals surface area contributed by atoms with E-state index >= 15 is 0 Å². The van der Waals surface area contributed by atoms with Crippen LogP contribution in [0, 0.1) is 11.7 Å². The lowest BCUT2D eigenvalue weighted by Gasteiger charge is -2.28. The number of rotatable bonds is 2. The minimum Gasteiger partial charge on any atom is -0.369 e. The maximum atomic E-state index is 14.0. The van der Waals surface area contributed by atoms with E-state index < -0.39 is 29.3 Å². The molecule has 2 aliphatic heterocycles. The number of nitrogens with one attached hydrogen (secondary N) is 1. The Morgan fingerprint density at radius 2 is 2.11 bits per heavy atom. The normalized spacial score (nSPS) is 34.5. The number of alkyl halides is 2. The number of ether oxygens (including phenoxy) is 1. The Kier molecular flexibility index (Phi) is 2.85. The lowest BCUT2D eigenvalue weighted by atomic mass is 9.78. The summed E-state index contributed by atoms with van der Waals surface area (Å²) in [5, 5.41) is 0. The molecule has 0 amide bonds. The number of halogens is 3. The van der Waals surface area contributed by atoms with E-state index in [9.17, 15) is 13.2 Å². The zero-order valence-electron chi connectivity index (χ0n) is 10.3. The van der Waals surface area contributed by atoms with Crippen molar-refractivity contribution in [3.8, 4) is 0 Å². The standard InChI is InChI=1S/C13H14F3NO2/c1-12(15,16)11-9-6-19-17-13(9,7-18-11)8-4-2-3-5-10(8)14/h2-5,9,11,17H,6-7H2,1H3/t9-,11?,13-/m1/s1. The van der Waals surface area contributed by atoms with E-state index in [2.05, 4.69) is 5.48 Å². The average molecular weight is 273 g/mol. The molecule has 0 saturated carbocycles. The molecule has 2 aliphatic rings. The smallest absolute Gasteiger partial charge is 0.271 e. The minimum absolute atomic E-state index is 0.0350. The van der Waals surface area contributed by atoms with Crippen LogP contribution in [0.1, 0.15) is 12.5 Å². The van der Waals surface area contributed by atoms with Crippen LogP contribution in [0.4, 0.5) is 13.2 Å². The maximum Gasteiger partial charge on any atom is 0.271 e. The van der Waals surface area contributed by atoms with Crippen molar-refractivity contribution in [1.29, 1.82) is 0 Å². The Morgan fingerprint density at radius 3 is 2.79 bits per heavy atom. The van der Waals surface area contributed by atoms with Gasteiger partial charge in [-0.1, -0.05) is 18.2 Å². The van der Waals surface area contributed by atoms with Crippen LogP contribution in [0.3, 0.4) is 0 Å². The quantitative estimate of drug-likeness (QED) is 0.896. The highest BCUT2D eigenvalue weighted by Gasteiger charge is 2.61. The molecule has 0 aliphatic carbocycles. The second-order valence-corrected chi connectivity index (χ2v) is 5.16. The van der Waals surface area contributed by atoms with Gasteiger partial charge in [-0.2, -0.15) is 5.48 Å². The van der Waals surface area contributed by atoms with Crippen molar-refractivity contribution < 1.29 is 22.7 Å². The first kappa shape index (κ1) is 12.9. The second-order valence-electron chi connectivity index (χ2n) is 5.16. The number of benzene rings is 1. The molecule has 19 heavy (non-hydrogen) atoms. The molecule has 3 atom stereocenters. The average Bonchev–Trinajstić information content (AvgIpc) is 2.86. The molecule has 0 bridgehead atoms. The van der Waals surface area contributed by atoms with E-state index in [1.165, 1.54) is 6.07 Å². The molecular weight excluding hydrogens is 259 g/mol. The highest BCUT2D eigenvalue weighted by Crippen LogP contribution is 2.47. The summed E-state index contributed by atoms with van der Waals surface area (Å²) < 4.78 is 46.3. The molecule has 3 rings (SSSR count). The summed E-state index contributed by atoms with van der Waals surface area (Å²) in [6, 6.07) is 6.10. The van der Waals surface area contributed by atoms with E-state index in [-0.39, 0.29) is 13.2 Å². The molecule has 1 aromatic carbocycles. The molecule has 1 N–H and O–H groups in total. The fourth-order valence-electron chi connectivity index (χ4n) is 2.95. The Hall–Kier alpha value is -1.11. The zero-order chi connectivity index (χ0) is 13.7. The van der Waals surface area contributed by atoms with Crippen molar-refractivity contribution in [1.82, 2.24) is 5.48 Å². The van der Waals surface area contributed by atoms with E-state index in [0.29, 0.717) is 5.56 Å². The van der Waals surface area contributed by atoms with Crippen molar-refractivity contribution in [2.24, 2.45) is 5.92 Å². The Labute approximate surface area is 108 Å². The predicted molar refractivity (Wildman–Crippen MR) is 61.0 cm³/mol. The molecule has 3 nitrogen and oxygen atoms in total. The second kappa shape index (κ2) is 4.19. The Bertz CT molecular complexity index is 491. The SMILES string of the molecule is CC(F)(F)C1OC[C@]2(c3ccccc3F)NOC[C@H]12.